The fraction of sp³-hybridized carbons (Fsp3) is 0.360. The molecule has 1 fully saturated rings. The first-order valence-electron chi connectivity index (χ1n) is 11.2. The van der Waals surface area contributed by atoms with Crippen LogP contribution in [0, 0.1) is 13.8 Å². The molecular formula is C25H30N4O3. The van der Waals surface area contributed by atoms with Crippen LogP contribution < -0.4 is 10.6 Å². The van der Waals surface area contributed by atoms with Gasteiger partial charge in [-0.2, -0.15) is 0 Å². The van der Waals surface area contributed by atoms with Crippen molar-refractivity contribution in [1.29, 1.82) is 0 Å². The van der Waals surface area contributed by atoms with Gasteiger partial charge in [0.05, 0.1) is 18.4 Å². The number of aromatic nitrogens is 1. The summed E-state index contributed by atoms with van der Waals surface area (Å²) >= 11 is 0. The van der Waals surface area contributed by atoms with Gasteiger partial charge in [0.2, 0.25) is 0 Å². The minimum atomic E-state index is -0.162. The van der Waals surface area contributed by atoms with Crippen molar-refractivity contribution in [3.63, 3.8) is 0 Å². The van der Waals surface area contributed by atoms with Crippen molar-refractivity contribution in [3.05, 3.63) is 71.4 Å². The van der Waals surface area contributed by atoms with Crippen LogP contribution in [0.25, 0.3) is 0 Å². The Morgan fingerprint density at radius 3 is 2.22 bits per heavy atom. The molecule has 0 aliphatic carbocycles. The second kappa shape index (κ2) is 9.77. The fourth-order valence-corrected chi connectivity index (χ4v) is 4.14. The van der Waals surface area contributed by atoms with Gasteiger partial charge in [0.1, 0.15) is 5.76 Å². The van der Waals surface area contributed by atoms with Gasteiger partial charge in [-0.3, -0.25) is 4.79 Å². The number of carbonyl (C=O) groups excluding carboxylic acids is 2. The van der Waals surface area contributed by atoms with Crippen molar-refractivity contribution in [2.75, 3.05) is 23.7 Å². The number of nitrogens with zero attached hydrogens (tertiary/aromatic N) is 2. The van der Waals surface area contributed by atoms with Crippen LogP contribution >= 0.6 is 0 Å². The van der Waals surface area contributed by atoms with Crippen molar-refractivity contribution in [1.82, 2.24) is 9.47 Å². The molecule has 0 saturated carbocycles. The maximum atomic E-state index is 12.9. The molecule has 0 spiro atoms. The van der Waals surface area contributed by atoms with E-state index in [2.05, 4.69) is 15.2 Å². The topological polar surface area (TPSA) is 79.5 Å². The number of amides is 3. The molecule has 2 N–H and O–H groups in total. The Morgan fingerprint density at radius 1 is 0.938 bits per heavy atom. The number of nitrogens with one attached hydrogen (secondary N) is 2. The predicted octanol–water partition coefficient (Wildman–Crippen LogP) is 5.41. The van der Waals surface area contributed by atoms with Gasteiger partial charge in [-0.25, -0.2) is 4.79 Å². The lowest BCUT2D eigenvalue weighted by atomic mass is 10.2. The number of benzene rings is 1. The van der Waals surface area contributed by atoms with E-state index in [1.54, 1.807) is 18.4 Å². The Kier molecular flexibility index (Phi) is 6.63. The first-order valence-corrected chi connectivity index (χ1v) is 11.2. The maximum Gasteiger partial charge on any atom is 0.321 e. The molecule has 4 rings (SSSR count). The molecule has 0 radical (unpaired) electrons. The molecule has 1 aliphatic rings. The number of rotatable bonds is 5. The Bertz CT molecular complexity index is 1060. The number of furan rings is 1. The minimum Gasteiger partial charge on any atom is -0.467 e. The standard InChI is InChI=1S/C25H30N4O3/c1-18-16-23(19(2)29(18)17-22-8-7-15-32-22)24(30)26-20-9-11-21(12-10-20)27-25(31)28-13-5-3-4-6-14-28/h7-12,15-16H,3-6,13-14,17H2,1-2H3,(H,26,30)(H,27,31). The highest BCUT2D eigenvalue weighted by atomic mass is 16.3. The van der Waals surface area contributed by atoms with Crippen LogP contribution in [0.15, 0.2) is 53.1 Å². The summed E-state index contributed by atoms with van der Waals surface area (Å²) in [6.45, 7) is 6.11. The molecule has 3 amide bonds. The normalized spacial score (nSPS) is 14.1. The van der Waals surface area contributed by atoms with Gasteiger partial charge >= 0.3 is 6.03 Å². The molecule has 0 unspecified atom stereocenters. The summed E-state index contributed by atoms with van der Waals surface area (Å²) in [6, 6.07) is 12.8. The summed E-state index contributed by atoms with van der Waals surface area (Å²) in [5, 5.41) is 5.91. The maximum absolute atomic E-state index is 12.9. The first kappa shape index (κ1) is 21.7. The van der Waals surface area contributed by atoms with Crippen molar-refractivity contribution in [2.24, 2.45) is 0 Å². The third-order valence-electron chi connectivity index (χ3n) is 6.00. The average molecular weight is 435 g/mol. The van der Waals surface area contributed by atoms with E-state index < -0.39 is 0 Å². The van der Waals surface area contributed by atoms with Gasteiger partial charge in [-0.1, -0.05) is 12.8 Å². The molecule has 7 heteroatoms. The van der Waals surface area contributed by atoms with Gasteiger partial charge in [-0.05, 0) is 69.2 Å². The Labute approximate surface area is 188 Å². The zero-order chi connectivity index (χ0) is 22.5. The molecule has 7 nitrogen and oxygen atoms in total. The molecule has 3 heterocycles. The van der Waals surface area contributed by atoms with Gasteiger partial charge in [0.25, 0.3) is 5.91 Å². The SMILES string of the molecule is Cc1cc(C(=O)Nc2ccc(NC(=O)N3CCCCCC3)cc2)c(C)n1Cc1ccco1. The van der Waals surface area contributed by atoms with Crippen LogP contribution in [-0.4, -0.2) is 34.5 Å². The van der Waals surface area contributed by atoms with Gasteiger partial charge in [-0.15, -0.1) is 0 Å². The summed E-state index contributed by atoms with van der Waals surface area (Å²) in [4.78, 5) is 27.2. The first-order chi connectivity index (χ1) is 15.5. The van der Waals surface area contributed by atoms with Crippen LogP contribution in [0.4, 0.5) is 16.2 Å². The zero-order valence-corrected chi connectivity index (χ0v) is 18.7. The van der Waals surface area contributed by atoms with Crippen molar-refractivity contribution < 1.29 is 14.0 Å². The number of carbonyl (C=O) groups is 2. The highest BCUT2D eigenvalue weighted by molar-refractivity contribution is 6.05. The number of hydrogen-bond donors (Lipinski definition) is 2. The van der Waals surface area contributed by atoms with Crippen LogP contribution in [0.1, 0.15) is 53.2 Å². The largest absolute Gasteiger partial charge is 0.467 e. The summed E-state index contributed by atoms with van der Waals surface area (Å²) in [6.07, 6.45) is 6.13. The number of anilines is 2. The Balaban J connectivity index is 1.38. The number of aryl methyl sites for hydroxylation is 1. The molecule has 1 aromatic carbocycles. The molecular weight excluding hydrogens is 404 g/mol. The van der Waals surface area contributed by atoms with E-state index in [1.807, 2.05) is 49.1 Å². The lowest BCUT2D eigenvalue weighted by Crippen LogP contribution is -2.35. The van der Waals surface area contributed by atoms with Crippen molar-refractivity contribution >= 4 is 23.3 Å². The molecule has 0 bridgehead atoms. The summed E-state index contributed by atoms with van der Waals surface area (Å²) < 4.78 is 7.51. The Hall–Kier alpha value is -3.48. The lowest BCUT2D eigenvalue weighted by molar-refractivity contribution is 0.102. The van der Waals surface area contributed by atoms with E-state index >= 15 is 0 Å². The van der Waals surface area contributed by atoms with Gasteiger partial charge in [0.15, 0.2) is 0 Å². The molecule has 168 valence electrons. The molecule has 2 aromatic heterocycles. The van der Waals surface area contributed by atoms with E-state index in [1.165, 1.54) is 12.8 Å². The monoisotopic (exact) mass is 434 g/mol. The lowest BCUT2D eigenvalue weighted by Gasteiger charge is -2.20. The molecule has 1 aliphatic heterocycles. The molecule has 32 heavy (non-hydrogen) atoms. The van der Waals surface area contributed by atoms with Crippen molar-refractivity contribution in [2.45, 2.75) is 46.1 Å². The minimum absolute atomic E-state index is 0.0623. The van der Waals surface area contributed by atoms with Crippen LogP contribution in [0.5, 0.6) is 0 Å². The van der Waals surface area contributed by atoms with E-state index in [0.717, 1.165) is 43.1 Å². The Morgan fingerprint density at radius 2 is 1.59 bits per heavy atom. The van der Waals surface area contributed by atoms with E-state index in [4.69, 9.17) is 4.42 Å². The zero-order valence-electron chi connectivity index (χ0n) is 18.7. The second-order valence-corrected chi connectivity index (χ2v) is 8.31. The van der Waals surface area contributed by atoms with E-state index in [0.29, 0.717) is 23.5 Å². The van der Waals surface area contributed by atoms with E-state index in [-0.39, 0.29) is 11.9 Å². The number of hydrogen-bond acceptors (Lipinski definition) is 3. The van der Waals surface area contributed by atoms with Crippen molar-refractivity contribution in [3.8, 4) is 0 Å². The quantitative estimate of drug-likeness (QED) is 0.564. The highest BCUT2D eigenvalue weighted by Gasteiger charge is 2.18. The van der Waals surface area contributed by atoms with Crippen LogP contribution in [-0.2, 0) is 6.54 Å². The third kappa shape index (κ3) is 5.04. The van der Waals surface area contributed by atoms with Crippen LogP contribution in [0.2, 0.25) is 0 Å². The number of likely N-dealkylation sites (tertiary alicyclic amines) is 1. The average Bonchev–Trinajstić information content (AvgIpc) is 3.28. The van der Waals surface area contributed by atoms with Crippen LogP contribution in [0.3, 0.4) is 0 Å². The smallest absolute Gasteiger partial charge is 0.321 e. The molecule has 3 aromatic rings. The van der Waals surface area contributed by atoms with E-state index in [9.17, 15) is 9.59 Å². The summed E-state index contributed by atoms with van der Waals surface area (Å²) in [5.74, 6) is 0.682. The second-order valence-electron chi connectivity index (χ2n) is 8.31. The molecule has 1 saturated heterocycles. The summed E-state index contributed by atoms with van der Waals surface area (Å²) in [5.41, 5.74) is 3.91. The third-order valence-corrected chi connectivity index (χ3v) is 6.00. The van der Waals surface area contributed by atoms with Gasteiger partial charge in [0, 0.05) is 35.9 Å². The predicted molar refractivity (Wildman–Crippen MR) is 125 cm³/mol. The van der Waals surface area contributed by atoms with Gasteiger partial charge < -0.3 is 24.5 Å². The molecule has 0 atom stereocenters. The number of urea groups is 1. The summed E-state index contributed by atoms with van der Waals surface area (Å²) in [7, 11) is 0. The fourth-order valence-electron chi connectivity index (χ4n) is 4.14. The highest BCUT2D eigenvalue weighted by Crippen LogP contribution is 2.20.